The zero-order valence-electron chi connectivity index (χ0n) is 10.3. The highest BCUT2D eigenvalue weighted by molar-refractivity contribution is 7.71. The number of nitriles is 1. The fraction of sp³-hybridized carbons (Fsp3) is 0. The molecule has 1 aromatic carbocycles. The maximum Gasteiger partial charge on any atom is 0.210 e. The molecule has 0 fully saturated rings. The minimum Gasteiger partial charge on any atom is -0.384 e. The maximum absolute atomic E-state index is 9.38. The summed E-state index contributed by atoms with van der Waals surface area (Å²) in [5, 5.41) is 9.38. The van der Waals surface area contributed by atoms with Crippen molar-refractivity contribution in [2.45, 2.75) is 0 Å². The molecule has 0 radical (unpaired) electrons. The molecule has 0 aliphatic carbocycles. The number of H-pyrrole nitrogens is 1. The van der Waals surface area contributed by atoms with Crippen LogP contribution in [0, 0.1) is 16.1 Å². The van der Waals surface area contributed by atoms with Gasteiger partial charge in [-0.1, -0.05) is 30.3 Å². The number of hydrogen-bond donors (Lipinski definition) is 3. The van der Waals surface area contributed by atoms with Gasteiger partial charge in [0, 0.05) is 5.56 Å². The first-order chi connectivity index (χ1) is 9.63. The lowest BCUT2D eigenvalue weighted by molar-refractivity contribution is 1.03. The van der Waals surface area contributed by atoms with Gasteiger partial charge in [0.25, 0.3) is 0 Å². The molecule has 0 spiro atoms. The number of aromatic nitrogens is 3. The molecule has 0 atom stereocenters. The Labute approximate surface area is 119 Å². The Morgan fingerprint density at radius 3 is 2.60 bits per heavy atom. The van der Waals surface area contributed by atoms with Gasteiger partial charge in [0.05, 0.1) is 0 Å². The third-order valence-corrected chi connectivity index (χ3v) is 3.25. The molecule has 0 bridgehead atoms. The van der Waals surface area contributed by atoms with Gasteiger partial charge in [0.15, 0.2) is 0 Å². The second-order valence-corrected chi connectivity index (χ2v) is 4.58. The van der Waals surface area contributed by atoms with E-state index in [0.29, 0.717) is 16.8 Å². The summed E-state index contributed by atoms with van der Waals surface area (Å²) >= 11 is 5.04. The summed E-state index contributed by atoms with van der Waals surface area (Å²) in [5.74, 6) is 0.400. The quantitative estimate of drug-likeness (QED) is 0.592. The molecule has 0 saturated carbocycles. The van der Waals surface area contributed by atoms with Crippen molar-refractivity contribution in [3.63, 3.8) is 0 Å². The van der Waals surface area contributed by atoms with Crippen molar-refractivity contribution in [3.05, 3.63) is 40.7 Å². The number of anilines is 2. The van der Waals surface area contributed by atoms with Crippen molar-refractivity contribution in [1.82, 2.24) is 14.4 Å². The third kappa shape index (κ3) is 1.63. The first-order valence-electron chi connectivity index (χ1n) is 5.78. The summed E-state index contributed by atoms with van der Waals surface area (Å²) in [5.41, 5.74) is 14.3. The Morgan fingerprint density at radius 2 is 1.95 bits per heavy atom. The Balaban J connectivity index is 2.54. The molecule has 7 heteroatoms. The van der Waals surface area contributed by atoms with Crippen molar-refractivity contribution < 1.29 is 0 Å². The molecule has 2 aromatic heterocycles. The summed E-state index contributed by atoms with van der Waals surface area (Å²) in [6.45, 7) is 0. The number of nitrogen functional groups attached to an aromatic ring is 2. The Kier molecular flexibility index (Phi) is 2.66. The normalized spacial score (nSPS) is 10.6. The summed E-state index contributed by atoms with van der Waals surface area (Å²) < 4.78 is 1.74. The first-order valence-corrected chi connectivity index (χ1v) is 6.19. The van der Waals surface area contributed by atoms with Gasteiger partial charge in [-0.15, -0.1) is 0 Å². The standard InChI is InChI=1S/C13H10N6S/c14-6-8-9(7-4-2-1-3-5-7)11-17-13(20)18-12(16)19(11)10(8)15/h1-5H,15H2,(H3,16,17,18,20). The van der Waals surface area contributed by atoms with Crippen molar-refractivity contribution >= 4 is 29.6 Å². The lowest BCUT2D eigenvalue weighted by Crippen LogP contribution is -2.05. The molecular weight excluding hydrogens is 272 g/mol. The van der Waals surface area contributed by atoms with E-state index < -0.39 is 0 Å². The van der Waals surface area contributed by atoms with E-state index in [9.17, 15) is 5.26 Å². The number of benzene rings is 1. The van der Waals surface area contributed by atoms with Gasteiger partial charge >= 0.3 is 0 Å². The van der Waals surface area contributed by atoms with Crippen LogP contribution in [0.5, 0.6) is 0 Å². The topological polar surface area (TPSA) is 109 Å². The molecule has 2 heterocycles. The van der Waals surface area contributed by atoms with Crippen molar-refractivity contribution in [1.29, 1.82) is 5.26 Å². The minimum atomic E-state index is 0.153. The molecule has 5 N–H and O–H groups in total. The Bertz CT molecular complexity index is 900. The van der Waals surface area contributed by atoms with Gasteiger partial charge in [0.1, 0.15) is 23.1 Å². The van der Waals surface area contributed by atoms with Crippen molar-refractivity contribution in [2.24, 2.45) is 0 Å². The maximum atomic E-state index is 9.38. The molecule has 20 heavy (non-hydrogen) atoms. The Hall–Kier alpha value is -2.85. The molecule has 0 unspecified atom stereocenters. The number of hydrogen-bond acceptors (Lipinski definition) is 5. The number of nitrogens with zero attached hydrogens (tertiary/aromatic N) is 3. The number of nitrogens with one attached hydrogen (secondary N) is 1. The highest BCUT2D eigenvalue weighted by atomic mass is 32.1. The Morgan fingerprint density at radius 1 is 1.25 bits per heavy atom. The van der Waals surface area contributed by atoms with E-state index in [1.165, 1.54) is 4.40 Å². The van der Waals surface area contributed by atoms with E-state index >= 15 is 0 Å². The molecule has 6 nitrogen and oxygen atoms in total. The van der Waals surface area contributed by atoms with E-state index in [1.807, 2.05) is 30.3 Å². The van der Waals surface area contributed by atoms with E-state index in [-0.39, 0.29) is 16.5 Å². The van der Waals surface area contributed by atoms with Crippen LogP contribution in [0.1, 0.15) is 5.56 Å². The van der Waals surface area contributed by atoms with Gasteiger partial charge in [-0.2, -0.15) is 10.2 Å². The monoisotopic (exact) mass is 282 g/mol. The average molecular weight is 282 g/mol. The lowest BCUT2D eigenvalue weighted by atomic mass is 10.0. The van der Waals surface area contributed by atoms with Crippen LogP contribution in [-0.2, 0) is 0 Å². The molecular formula is C13H10N6S. The van der Waals surface area contributed by atoms with Gasteiger partial charge in [-0.3, -0.25) is 0 Å². The van der Waals surface area contributed by atoms with Gasteiger partial charge < -0.3 is 16.5 Å². The average Bonchev–Trinajstić information content (AvgIpc) is 2.72. The largest absolute Gasteiger partial charge is 0.384 e. The summed E-state index contributed by atoms with van der Waals surface area (Å²) in [6.07, 6.45) is 0. The van der Waals surface area contributed by atoms with Crippen LogP contribution in [-0.4, -0.2) is 14.4 Å². The predicted octanol–water partition coefficient (Wildman–Crippen LogP) is 2.09. The molecule has 0 aliphatic heterocycles. The second kappa shape index (κ2) is 4.36. The molecule has 3 aromatic rings. The molecule has 0 aliphatic rings. The molecule has 3 rings (SSSR count). The van der Waals surface area contributed by atoms with Gasteiger partial charge in [0.2, 0.25) is 10.7 Å². The number of fused-ring (bicyclic) bond motifs is 1. The summed E-state index contributed by atoms with van der Waals surface area (Å²) in [4.78, 5) is 6.90. The van der Waals surface area contributed by atoms with Crippen LogP contribution in [0.2, 0.25) is 0 Å². The van der Waals surface area contributed by atoms with Crippen LogP contribution in [0.3, 0.4) is 0 Å². The zero-order chi connectivity index (χ0) is 14.3. The van der Waals surface area contributed by atoms with Gasteiger partial charge in [-0.25, -0.2) is 4.40 Å². The van der Waals surface area contributed by atoms with Crippen LogP contribution < -0.4 is 11.5 Å². The number of nitrogens with two attached hydrogens (primary N) is 2. The third-order valence-electron chi connectivity index (χ3n) is 3.05. The minimum absolute atomic E-state index is 0.153. The van der Waals surface area contributed by atoms with Crippen LogP contribution in [0.4, 0.5) is 11.8 Å². The number of aromatic amines is 1. The van der Waals surface area contributed by atoms with Crippen LogP contribution in [0.15, 0.2) is 30.3 Å². The van der Waals surface area contributed by atoms with E-state index in [2.05, 4.69) is 16.0 Å². The highest BCUT2D eigenvalue weighted by Gasteiger charge is 2.20. The number of rotatable bonds is 1. The molecule has 0 amide bonds. The SMILES string of the molecule is N#Cc1c(-c2ccccc2)c2[nH]c(=S)nc(N)n2c1N. The van der Waals surface area contributed by atoms with Crippen LogP contribution in [0.25, 0.3) is 16.8 Å². The summed E-state index contributed by atoms with van der Waals surface area (Å²) in [6, 6.07) is 11.6. The van der Waals surface area contributed by atoms with Crippen LogP contribution >= 0.6 is 12.2 Å². The van der Waals surface area contributed by atoms with Crippen molar-refractivity contribution in [2.75, 3.05) is 11.5 Å². The van der Waals surface area contributed by atoms with Crippen molar-refractivity contribution in [3.8, 4) is 17.2 Å². The van der Waals surface area contributed by atoms with E-state index in [4.69, 9.17) is 23.7 Å². The smallest absolute Gasteiger partial charge is 0.210 e. The fourth-order valence-electron chi connectivity index (χ4n) is 2.23. The fourth-order valence-corrected chi connectivity index (χ4v) is 2.42. The predicted molar refractivity (Wildman–Crippen MR) is 79.4 cm³/mol. The second-order valence-electron chi connectivity index (χ2n) is 4.20. The first kappa shape index (κ1) is 12.2. The molecule has 98 valence electrons. The summed E-state index contributed by atoms with van der Waals surface area (Å²) in [7, 11) is 0. The molecule has 0 saturated heterocycles. The van der Waals surface area contributed by atoms with E-state index in [0.717, 1.165) is 5.56 Å². The van der Waals surface area contributed by atoms with Gasteiger partial charge in [-0.05, 0) is 17.8 Å². The zero-order valence-corrected chi connectivity index (χ0v) is 11.1. The lowest BCUT2D eigenvalue weighted by Gasteiger charge is -2.03. The van der Waals surface area contributed by atoms with E-state index in [1.54, 1.807) is 0 Å². The highest BCUT2D eigenvalue weighted by Crippen LogP contribution is 2.34.